The summed E-state index contributed by atoms with van der Waals surface area (Å²) in [5.41, 5.74) is 7.48. The Labute approximate surface area is 105 Å². The predicted molar refractivity (Wildman–Crippen MR) is 73.1 cm³/mol. The van der Waals surface area contributed by atoms with Crippen LogP contribution in [-0.2, 0) is 11.2 Å². The lowest BCUT2D eigenvalue weighted by molar-refractivity contribution is 0.141. The van der Waals surface area contributed by atoms with Gasteiger partial charge in [0.15, 0.2) is 0 Å². The van der Waals surface area contributed by atoms with Crippen molar-refractivity contribution in [1.29, 1.82) is 0 Å². The average Bonchev–Trinajstić information content (AvgIpc) is 2.36. The molecule has 1 aromatic rings. The normalized spacial score (nSPS) is 12.6. The minimum absolute atomic E-state index is 0.333. The van der Waals surface area contributed by atoms with Gasteiger partial charge < -0.3 is 10.5 Å². The highest BCUT2D eigenvalue weighted by Crippen LogP contribution is 2.08. The Morgan fingerprint density at radius 2 is 1.82 bits per heavy atom. The first kappa shape index (κ1) is 14.2. The maximum absolute atomic E-state index is 6.06. The Bertz CT molecular complexity index is 274. The van der Waals surface area contributed by atoms with Crippen LogP contribution < -0.4 is 5.73 Å². The van der Waals surface area contributed by atoms with E-state index in [2.05, 4.69) is 30.3 Å². The number of nitrogens with two attached hydrogens (primary N) is 1. The van der Waals surface area contributed by atoms with Crippen LogP contribution in [-0.4, -0.2) is 19.3 Å². The summed E-state index contributed by atoms with van der Waals surface area (Å²) in [6.45, 7) is 3.69. The first-order chi connectivity index (χ1) is 8.33. The first-order valence-corrected chi connectivity index (χ1v) is 6.70. The molecular weight excluding hydrogens is 210 g/mol. The van der Waals surface area contributed by atoms with Gasteiger partial charge in [-0.15, -0.1) is 0 Å². The lowest BCUT2D eigenvalue weighted by atomic mass is 10.0. The zero-order chi connectivity index (χ0) is 12.3. The Morgan fingerprint density at radius 1 is 1.12 bits per heavy atom. The van der Waals surface area contributed by atoms with Crippen molar-refractivity contribution >= 4 is 0 Å². The standard InChI is InChI=1S/C15H25NO/c1-2-17-13-7-12-15(16)11-6-10-14-8-4-3-5-9-14/h3-5,8-9,15H,2,6-7,10-13,16H2,1H3. The molecule has 0 aromatic heterocycles. The Kier molecular flexibility index (Phi) is 7.69. The number of hydrogen-bond donors (Lipinski definition) is 1. The molecule has 1 unspecified atom stereocenters. The van der Waals surface area contributed by atoms with E-state index >= 15 is 0 Å². The van der Waals surface area contributed by atoms with Crippen LogP contribution in [0.1, 0.15) is 38.2 Å². The van der Waals surface area contributed by atoms with Crippen molar-refractivity contribution in [1.82, 2.24) is 0 Å². The van der Waals surface area contributed by atoms with Crippen molar-refractivity contribution in [2.24, 2.45) is 5.73 Å². The fourth-order valence-corrected chi connectivity index (χ4v) is 1.95. The minimum Gasteiger partial charge on any atom is -0.382 e. The lowest BCUT2D eigenvalue weighted by Crippen LogP contribution is -2.20. The molecule has 2 heteroatoms. The predicted octanol–water partition coefficient (Wildman–Crippen LogP) is 3.15. The highest BCUT2D eigenvalue weighted by molar-refractivity contribution is 5.14. The zero-order valence-corrected chi connectivity index (χ0v) is 10.9. The van der Waals surface area contributed by atoms with Crippen molar-refractivity contribution in [3.05, 3.63) is 35.9 Å². The second-order valence-corrected chi connectivity index (χ2v) is 4.48. The summed E-state index contributed by atoms with van der Waals surface area (Å²) in [4.78, 5) is 0. The molecule has 0 radical (unpaired) electrons. The summed E-state index contributed by atoms with van der Waals surface area (Å²) < 4.78 is 5.30. The fraction of sp³-hybridized carbons (Fsp3) is 0.600. The van der Waals surface area contributed by atoms with E-state index in [9.17, 15) is 0 Å². The number of ether oxygens (including phenoxy) is 1. The highest BCUT2D eigenvalue weighted by atomic mass is 16.5. The van der Waals surface area contributed by atoms with E-state index in [0.29, 0.717) is 6.04 Å². The molecule has 0 bridgehead atoms. The molecule has 96 valence electrons. The Balaban J connectivity index is 2.02. The summed E-state index contributed by atoms with van der Waals surface area (Å²) in [6, 6.07) is 10.9. The number of hydrogen-bond acceptors (Lipinski definition) is 2. The van der Waals surface area contributed by atoms with Gasteiger partial charge in [-0.05, 0) is 44.6 Å². The monoisotopic (exact) mass is 235 g/mol. The molecule has 0 aliphatic carbocycles. The average molecular weight is 235 g/mol. The van der Waals surface area contributed by atoms with Crippen molar-refractivity contribution in [2.45, 2.75) is 45.1 Å². The van der Waals surface area contributed by atoms with Gasteiger partial charge in [0.25, 0.3) is 0 Å². The van der Waals surface area contributed by atoms with E-state index in [-0.39, 0.29) is 0 Å². The molecule has 2 N–H and O–H groups in total. The van der Waals surface area contributed by atoms with Crippen LogP contribution in [0.15, 0.2) is 30.3 Å². The van der Waals surface area contributed by atoms with E-state index in [4.69, 9.17) is 10.5 Å². The summed E-state index contributed by atoms with van der Waals surface area (Å²) in [7, 11) is 0. The summed E-state index contributed by atoms with van der Waals surface area (Å²) in [6.07, 6.45) is 5.59. The van der Waals surface area contributed by atoms with E-state index in [1.165, 1.54) is 12.0 Å². The van der Waals surface area contributed by atoms with Gasteiger partial charge in [-0.3, -0.25) is 0 Å². The molecule has 0 saturated heterocycles. The van der Waals surface area contributed by atoms with Gasteiger partial charge >= 0.3 is 0 Å². The number of aryl methyl sites for hydroxylation is 1. The van der Waals surface area contributed by atoms with E-state index in [0.717, 1.165) is 38.9 Å². The zero-order valence-electron chi connectivity index (χ0n) is 10.9. The van der Waals surface area contributed by atoms with Crippen molar-refractivity contribution in [2.75, 3.05) is 13.2 Å². The maximum Gasteiger partial charge on any atom is 0.0466 e. The molecule has 1 atom stereocenters. The Hall–Kier alpha value is -0.860. The molecular formula is C15H25NO. The third-order valence-corrected chi connectivity index (χ3v) is 2.95. The molecule has 0 heterocycles. The van der Waals surface area contributed by atoms with Gasteiger partial charge in [-0.2, -0.15) is 0 Å². The summed E-state index contributed by atoms with van der Waals surface area (Å²) in [5, 5.41) is 0. The van der Waals surface area contributed by atoms with Crippen LogP contribution in [0.4, 0.5) is 0 Å². The van der Waals surface area contributed by atoms with Crippen LogP contribution in [0.5, 0.6) is 0 Å². The molecule has 2 nitrogen and oxygen atoms in total. The van der Waals surface area contributed by atoms with Gasteiger partial charge in [0.2, 0.25) is 0 Å². The maximum atomic E-state index is 6.06. The van der Waals surface area contributed by atoms with Gasteiger partial charge in [-0.1, -0.05) is 30.3 Å². The Morgan fingerprint density at radius 3 is 2.53 bits per heavy atom. The summed E-state index contributed by atoms with van der Waals surface area (Å²) >= 11 is 0. The molecule has 0 spiro atoms. The van der Waals surface area contributed by atoms with Gasteiger partial charge in [0.1, 0.15) is 0 Å². The van der Waals surface area contributed by atoms with Gasteiger partial charge in [0, 0.05) is 19.3 Å². The number of rotatable bonds is 9. The smallest absolute Gasteiger partial charge is 0.0466 e. The van der Waals surface area contributed by atoms with Crippen LogP contribution >= 0.6 is 0 Å². The SMILES string of the molecule is CCOCCCC(N)CCCc1ccccc1. The fourth-order valence-electron chi connectivity index (χ4n) is 1.95. The number of benzene rings is 1. The molecule has 0 fully saturated rings. The molecule has 0 amide bonds. The second kappa shape index (κ2) is 9.20. The third kappa shape index (κ3) is 7.14. The largest absolute Gasteiger partial charge is 0.382 e. The lowest BCUT2D eigenvalue weighted by Gasteiger charge is -2.11. The third-order valence-electron chi connectivity index (χ3n) is 2.95. The van der Waals surface area contributed by atoms with Crippen LogP contribution in [0.3, 0.4) is 0 Å². The topological polar surface area (TPSA) is 35.2 Å². The molecule has 0 saturated carbocycles. The van der Waals surface area contributed by atoms with Crippen molar-refractivity contribution in [3.8, 4) is 0 Å². The highest BCUT2D eigenvalue weighted by Gasteiger charge is 2.02. The molecule has 0 aliphatic rings. The van der Waals surface area contributed by atoms with Crippen molar-refractivity contribution < 1.29 is 4.74 Å². The molecule has 0 aliphatic heterocycles. The van der Waals surface area contributed by atoms with Gasteiger partial charge in [0.05, 0.1) is 0 Å². The van der Waals surface area contributed by atoms with Crippen LogP contribution in [0, 0.1) is 0 Å². The quantitative estimate of drug-likeness (QED) is 0.667. The van der Waals surface area contributed by atoms with E-state index in [1.54, 1.807) is 0 Å². The minimum atomic E-state index is 0.333. The van der Waals surface area contributed by atoms with Crippen LogP contribution in [0.2, 0.25) is 0 Å². The molecule has 1 aromatic carbocycles. The molecule has 17 heavy (non-hydrogen) atoms. The van der Waals surface area contributed by atoms with E-state index < -0.39 is 0 Å². The molecule has 1 rings (SSSR count). The van der Waals surface area contributed by atoms with E-state index in [1.807, 2.05) is 6.92 Å². The van der Waals surface area contributed by atoms with Gasteiger partial charge in [-0.25, -0.2) is 0 Å². The summed E-state index contributed by atoms with van der Waals surface area (Å²) in [5.74, 6) is 0. The van der Waals surface area contributed by atoms with Crippen molar-refractivity contribution in [3.63, 3.8) is 0 Å². The first-order valence-electron chi connectivity index (χ1n) is 6.70. The van der Waals surface area contributed by atoms with Crippen LogP contribution in [0.25, 0.3) is 0 Å². The second-order valence-electron chi connectivity index (χ2n) is 4.48.